The van der Waals surface area contributed by atoms with Crippen LogP contribution in [0.25, 0.3) is 0 Å². The van der Waals surface area contributed by atoms with Crippen LogP contribution in [0.1, 0.15) is 5.56 Å². The van der Waals surface area contributed by atoms with Gasteiger partial charge in [0.25, 0.3) is 0 Å². The van der Waals surface area contributed by atoms with Gasteiger partial charge in [0.15, 0.2) is 0 Å². The van der Waals surface area contributed by atoms with Crippen molar-refractivity contribution in [3.63, 3.8) is 0 Å². The summed E-state index contributed by atoms with van der Waals surface area (Å²) in [4.78, 5) is -0.138. The zero-order valence-electron chi connectivity index (χ0n) is 11.1. The first-order chi connectivity index (χ1) is 9.82. The second-order valence-corrected chi connectivity index (χ2v) is 7.36. The van der Waals surface area contributed by atoms with Gasteiger partial charge in [-0.1, -0.05) is 18.2 Å². The highest BCUT2D eigenvalue weighted by molar-refractivity contribution is 9.10. The lowest BCUT2D eigenvalue weighted by molar-refractivity contribution is 0.435. The molecular formula is C14H13BrFNO3S. The van der Waals surface area contributed by atoms with E-state index in [1.54, 1.807) is 18.2 Å². The molecule has 0 heterocycles. The summed E-state index contributed by atoms with van der Waals surface area (Å²) in [6.45, 7) is -0.00725. The minimum atomic E-state index is -3.83. The molecule has 0 aliphatic carbocycles. The van der Waals surface area contributed by atoms with Crippen LogP contribution in [-0.2, 0) is 16.6 Å². The van der Waals surface area contributed by atoms with E-state index < -0.39 is 15.8 Å². The molecule has 0 amide bonds. The third kappa shape index (κ3) is 3.42. The van der Waals surface area contributed by atoms with E-state index in [9.17, 15) is 17.9 Å². The fraction of sp³-hybridized carbons (Fsp3) is 0.143. The SMILES string of the molecule is CN(Cc1ccccc1O)S(=O)(=O)c1ccc(Br)c(F)c1. The van der Waals surface area contributed by atoms with Gasteiger partial charge in [-0.15, -0.1) is 0 Å². The monoisotopic (exact) mass is 373 g/mol. The average Bonchev–Trinajstić information content (AvgIpc) is 2.44. The van der Waals surface area contributed by atoms with Crippen LogP contribution in [0.15, 0.2) is 51.8 Å². The van der Waals surface area contributed by atoms with Gasteiger partial charge in [-0.25, -0.2) is 12.8 Å². The second kappa shape index (κ2) is 6.13. The minimum Gasteiger partial charge on any atom is -0.508 e. The predicted octanol–water partition coefficient (Wildman–Crippen LogP) is 3.11. The van der Waals surface area contributed by atoms with E-state index >= 15 is 0 Å². The highest BCUT2D eigenvalue weighted by atomic mass is 79.9. The van der Waals surface area contributed by atoms with Crippen LogP contribution in [0.5, 0.6) is 5.75 Å². The number of phenolic OH excluding ortho intramolecular Hbond substituents is 1. The summed E-state index contributed by atoms with van der Waals surface area (Å²) in [5, 5.41) is 9.69. The molecule has 112 valence electrons. The number of halogens is 2. The fourth-order valence-corrected chi connectivity index (χ4v) is 3.19. The Kier molecular flexibility index (Phi) is 4.65. The molecule has 0 saturated heterocycles. The highest BCUT2D eigenvalue weighted by Gasteiger charge is 2.22. The normalized spacial score (nSPS) is 11.8. The zero-order chi connectivity index (χ0) is 15.6. The molecule has 1 N–H and O–H groups in total. The molecule has 2 rings (SSSR count). The second-order valence-electron chi connectivity index (χ2n) is 4.47. The van der Waals surface area contributed by atoms with Crippen molar-refractivity contribution in [1.29, 1.82) is 0 Å². The van der Waals surface area contributed by atoms with Crippen LogP contribution in [0.4, 0.5) is 4.39 Å². The molecular weight excluding hydrogens is 361 g/mol. The van der Waals surface area contributed by atoms with Gasteiger partial charge < -0.3 is 5.11 Å². The summed E-state index contributed by atoms with van der Waals surface area (Å²) in [6, 6.07) is 10.1. The topological polar surface area (TPSA) is 57.6 Å². The lowest BCUT2D eigenvalue weighted by atomic mass is 10.2. The van der Waals surface area contributed by atoms with Gasteiger partial charge in [0.2, 0.25) is 10.0 Å². The molecule has 4 nitrogen and oxygen atoms in total. The number of para-hydroxylation sites is 1. The van der Waals surface area contributed by atoms with Gasteiger partial charge in [-0.2, -0.15) is 4.31 Å². The van der Waals surface area contributed by atoms with E-state index in [4.69, 9.17) is 0 Å². The molecule has 0 bridgehead atoms. The van der Waals surface area contributed by atoms with Gasteiger partial charge in [0.1, 0.15) is 11.6 Å². The van der Waals surface area contributed by atoms with Gasteiger partial charge >= 0.3 is 0 Å². The first-order valence-electron chi connectivity index (χ1n) is 6.00. The maximum absolute atomic E-state index is 13.5. The van der Waals surface area contributed by atoms with Crippen molar-refractivity contribution >= 4 is 26.0 Å². The Bertz CT molecular complexity index is 765. The highest BCUT2D eigenvalue weighted by Crippen LogP contribution is 2.24. The van der Waals surface area contributed by atoms with Gasteiger partial charge in [0.05, 0.1) is 9.37 Å². The van der Waals surface area contributed by atoms with Crippen LogP contribution in [-0.4, -0.2) is 24.9 Å². The van der Waals surface area contributed by atoms with E-state index in [0.717, 1.165) is 10.4 Å². The number of sulfonamides is 1. The molecule has 0 fully saturated rings. The molecule has 0 spiro atoms. The molecule has 2 aromatic carbocycles. The van der Waals surface area contributed by atoms with Crippen LogP contribution in [0.2, 0.25) is 0 Å². The summed E-state index contributed by atoms with van der Waals surface area (Å²) < 4.78 is 39.5. The Balaban J connectivity index is 2.30. The third-order valence-electron chi connectivity index (χ3n) is 2.98. The number of rotatable bonds is 4. The van der Waals surface area contributed by atoms with Crippen LogP contribution in [0.3, 0.4) is 0 Å². The summed E-state index contributed by atoms with van der Waals surface area (Å²) in [5.41, 5.74) is 0.473. The molecule has 7 heteroatoms. The largest absolute Gasteiger partial charge is 0.508 e. The lowest BCUT2D eigenvalue weighted by Gasteiger charge is -2.18. The third-order valence-corrected chi connectivity index (χ3v) is 5.43. The molecule has 0 saturated carbocycles. The first-order valence-corrected chi connectivity index (χ1v) is 8.24. The molecule has 2 aromatic rings. The Morgan fingerprint density at radius 3 is 2.52 bits per heavy atom. The van der Waals surface area contributed by atoms with Gasteiger partial charge in [0, 0.05) is 19.2 Å². The smallest absolute Gasteiger partial charge is 0.243 e. The molecule has 21 heavy (non-hydrogen) atoms. The van der Waals surface area contributed by atoms with Crippen molar-refractivity contribution < 1.29 is 17.9 Å². The summed E-state index contributed by atoms with van der Waals surface area (Å²) in [7, 11) is -2.46. The summed E-state index contributed by atoms with van der Waals surface area (Å²) in [5.74, 6) is -0.631. The summed E-state index contributed by atoms with van der Waals surface area (Å²) >= 11 is 2.98. The first kappa shape index (κ1) is 15.9. The Hall–Kier alpha value is -1.44. The van der Waals surface area contributed by atoms with Crippen LogP contribution >= 0.6 is 15.9 Å². The van der Waals surface area contributed by atoms with E-state index in [2.05, 4.69) is 15.9 Å². The molecule has 0 unspecified atom stereocenters. The molecule has 0 aliphatic rings. The van der Waals surface area contributed by atoms with Crippen molar-refractivity contribution in [3.05, 3.63) is 58.3 Å². The van der Waals surface area contributed by atoms with Gasteiger partial charge in [-0.05, 0) is 40.2 Å². The number of hydrogen-bond donors (Lipinski definition) is 1. The number of nitrogens with zero attached hydrogens (tertiary/aromatic N) is 1. The van der Waals surface area contributed by atoms with Crippen molar-refractivity contribution in [3.8, 4) is 5.75 Å². The standard InChI is InChI=1S/C14H13BrFNO3S/c1-17(9-10-4-2-3-5-14(10)18)21(19,20)11-6-7-12(15)13(16)8-11/h2-8,18H,9H2,1H3. The average molecular weight is 374 g/mol. The van der Waals surface area contributed by atoms with E-state index in [-0.39, 0.29) is 21.7 Å². The number of aromatic hydroxyl groups is 1. The fourth-order valence-electron chi connectivity index (χ4n) is 1.79. The maximum atomic E-state index is 13.5. The van der Waals surface area contributed by atoms with Gasteiger partial charge in [-0.3, -0.25) is 0 Å². The zero-order valence-corrected chi connectivity index (χ0v) is 13.5. The molecule has 0 atom stereocenters. The quantitative estimate of drug-likeness (QED) is 0.895. The Labute approximate surface area is 131 Å². The minimum absolute atomic E-state index is 0.00725. The van der Waals surface area contributed by atoms with Crippen molar-refractivity contribution in [2.75, 3.05) is 7.05 Å². The molecule has 0 aromatic heterocycles. The summed E-state index contributed by atoms with van der Waals surface area (Å²) in [6.07, 6.45) is 0. The molecule has 0 aliphatic heterocycles. The van der Waals surface area contributed by atoms with Crippen molar-refractivity contribution in [2.24, 2.45) is 0 Å². The number of benzene rings is 2. The molecule has 0 radical (unpaired) electrons. The van der Waals surface area contributed by atoms with Crippen molar-refractivity contribution in [1.82, 2.24) is 4.31 Å². The Morgan fingerprint density at radius 1 is 1.24 bits per heavy atom. The lowest BCUT2D eigenvalue weighted by Crippen LogP contribution is -2.26. The Morgan fingerprint density at radius 2 is 1.90 bits per heavy atom. The number of hydrogen-bond acceptors (Lipinski definition) is 3. The predicted molar refractivity (Wildman–Crippen MR) is 80.9 cm³/mol. The van der Waals surface area contributed by atoms with Crippen molar-refractivity contribution in [2.45, 2.75) is 11.4 Å². The van der Waals surface area contributed by atoms with E-state index in [0.29, 0.717) is 5.56 Å². The van der Waals surface area contributed by atoms with E-state index in [1.807, 2.05) is 0 Å². The van der Waals surface area contributed by atoms with E-state index in [1.165, 1.54) is 25.2 Å². The number of phenols is 1. The maximum Gasteiger partial charge on any atom is 0.243 e. The van der Waals surface area contributed by atoms with Crippen LogP contribution in [0, 0.1) is 5.82 Å². The van der Waals surface area contributed by atoms with Crippen LogP contribution < -0.4 is 0 Å².